The Morgan fingerprint density at radius 3 is 2.37 bits per heavy atom. The van der Waals surface area contributed by atoms with Crippen LogP contribution in [0.4, 0.5) is 13.2 Å². The van der Waals surface area contributed by atoms with Gasteiger partial charge in [0.25, 0.3) is 5.91 Å². The van der Waals surface area contributed by atoms with Crippen molar-refractivity contribution in [3.8, 4) is 0 Å². The molecule has 2 atom stereocenters. The Balaban J connectivity index is 2.98. The lowest BCUT2D eigenvalue weighted by atomic mass is 9.95. The number of carbonyl (C=O) groups excluding carboxylic acids is 2. The van der Waals surface area contributed by atoms with Crippen molar-refractivity contribution in [2.45, 2.75) is 43.9 Å². The van der Waals surface area contributed by atoms with Gasteiger partial charge in [-0.15, -0.1) is 0 Å². The lowest BCUT2D eigenvalue weighted by Crippen LogP contribution is -2.65. The minimum absolute atomic E-state index is 0.111. The van der Waals surface area contributed by atoms with Crippen LogP contribution in [0.25, 0.3) is 0 Å². The monoisotopic (exact) mass is 281 g/mol. The van der Waals surface area contributed by atoms with Crippen molar-refractivity contribution in [1.29, 1.82) is 0 Å². The smallest absolute Gasteiger partial charge is 0.357 e. The SMILES string of the molecule is CNC(=O)C1CCCCN1C(=O)C(C)(N)C(F)(F)F. The highest BCUT2D eigenvalue weighted by atomic mass is 19.4. The first-order valence-electron chi connectivity index (χ1n) is 6.01. The number of alkyl halides is 3. The second-order valence-corrected chi connectivity index (χ2v) is 4.82. The van der Waals surface area contributed by atoms with Crippen LogP contribution in [0.3, 0.4) is 0 Å². The lowest BCUT2D eigenvalue weighted by Gasteiger charge is -2.39. The van der Waals surface area contributed by atoms with Gasteiger partial charge in [0.2, 0.25) is 5.91 Å². The van der Waals surface area contributed by atoms with Crippen molar-refractivity contribution in [1.82, 2.24) is 10.2 Å². The predicted molar refractivity (Wildman–Crippen MR) is 62.1 cm³/mol. The zero-order chi connectivity index (χ0) is 14.8. The number of hydrogen-bond acceptors (Lipinski definition) is 3. The third kappa shape index (κ3) is 2.99. The molecule has 1 aliphatic heterocycles. The van der Waals surface area contributed by atoms with Crippen LogP contribution in [0.2, 0.25) is 0 Å². The van der Waals surface area contributed by atoms with Crippen molar-refractivity contribution in [3.63, 3.8) is 0 Å². The molecule has 1 saturated heterocycles. The van der Waals surface area contributed by atoms with Crippen LogP contribution in [-0.4, -0.2) is 48.1 Å². The third-order valence-corrected chi connectivity index (χ3v) is 3.35. The molecule has 0 saturated carbocycles. The first-order valence-corrected chi connectivity index (χ1v) is 6.01. The van der Waals surface area contributed by atoms with Crippen LogP contribution in [-0.2, 0) is 9.59 Å². The highest BCUT2D eigenvalue weighted by Gasteiger charge is 2.56. The van der Waals surface area contributed by atoms with E-state index in [-0.39, 0.29) is 6.54 Å². The third-order valence-electron chi connectivity index (χ3n) is 3.35. The highest BCUT2D eigenvalue weighted by Crippen LogP contribution is 2.31. The maximum atomic E-state index is 12.8. The lowest BCUT2D eigenvalue weighted by molar-refractivity contribution is -0.196. The van der Waals surface area contributed by atoms with Crippen molar-refractivity contribution in [3.05, 3.63) is 0 Å². The summed E-state index contributed by atoms with van der Waals surface area (Å²) in [5.74, 6) is -1.72. The molecule has 19 heavy (non-hydrogen) atoms. The molecule has 0 aromatic heterocycles. The molecule has 0 spiro atoms. The Kier molecular flexibility index (Phi) is 4.44. The van der Waals surface area contributed by atoms with Crippen LogP contribution < -0.4 is 11.1 Å². The number of nitrogens with two attached hydrogens (primary N) is 1. The van der Waals surface area contributed by atoms with Crippen molar-refractivity contribution in [2.75, 3.05) is 13.6 Å². The van der Waals surface area contributed by atoms with E-state index in [0.29, 0.717) is 26.2 Å². The number of likely N-dealkylation sites (N-methyl/N-ethyl adjacent to an activating group) is 1. The maximum Gasteiger partial charge on any atom is 0.415 e. The van der Waals surface area contributed by atoms with Gasteiger partial charge in [-0.2, -0.15) is 13.2 Å². The van der Waals surface area contributed by atoms with Crippen LogP contribution in [0.1, 0.15) is 26.2 Å². The normalized spacial score (nSPS) is 23.7. The Hall–Kier alpha value is -1.31. The largest absolute Gasteiger partial charge is 0.415 e. The van der Waals surface area contributed by atoms with Crippen LogP contribution in [0.5, 0.6) is 0 Å². The van der Waals surface area contributed by atoms with Crippen LogP contribution in [0, 0.1) is 0 Å². The molecule has 0 radical (unpaired) electrons. The Bertz CT molecular complexity index is 369. The van der Waals surface area contributed by atoms with E-state index < -0.39 is 29.6 Å². The molecular weight excluding hydrogens is 263 g/mol. The number of likely N-dealkylation sites (tertiary alicyclic amines) is 1. The van der Waals surface area contributed by atoms with Gasteiger partial charge in [0.05, 0.1) is 0 Å². The summed E-state index contributed by atoms with van der Waals surface area (Å²) in [4.78, 5) is 24.6. The summed E-state index contributed by atoms with van der Waals surface area (Å²) in [6.45, 7) is 0.741. The minimum atomic E-state index is -4.85. The van der Waals surface area contributed by atoms with Gasteiger partial charge in [-0.1, -0.05) is 0 Å². The molecule has 5 nitrogen and oxygen atoms in total. The number of nitrogens with zero attached hydrogens (tertiary/aromatic N) is 1. The molecule has 1 heterocycles. The van der Waals surface area contributed by atoms with E-state index in [4.69, 9.17) is 5.73 Å². The van der Waals surface area contributed by atoms with E-state index in [9.17, 15) is 22.8 Å². The topological polar surface area (TPSA) is 75.4 Å². The van der Waals surface area contributed by atoms with E-state index in [2.05, 4.69) is 5.32 Å². The molecule has 8 heteroatoms. The number of carbonyl (C=O) groups is 2. The summed E-state index contributed by atoms with van der Waals surface area (Å²) in [7, 11) is 1.38. The maximum absolute atomic E-state index is 12.8. The van der Waals surface area contributed by atoms with E-state index in [0.717, 1.165) is 4.90 Å². The first kappa shape index (κ1) is 15.7. The minimum Gasteiger partial charge on any atom is -0.357 e. The molecule has 0 bridgehead atoms. The molecule has 0 aliphatic carbocycles. The molecule has 0 aromatic rings. The fraction of sp³-hybridized carbons (Fsp3) is 0.818. The summed E-state index contributed by atoms with van der Waals surface area (Å²) in [5.41, 5.74) is 2.15. The molecule has 1 aliphatic rings. The van der Waals surface area contributed by atoms with Gasteiger partial charge in [-0.3, -0.25) is 9.59 Å². The van der Waals surface area contributed by atoms with E-state index in [1.807, 2.05) is 0 Å². The summed E-state index contributed by atoms with van der Waals surface area (Å²) in [6, 6.07) is -0.878. The number of piperidine rings is 1. The van der Waals surface area contributed by atoms with E-state index in [1.54, 1.807) is 0 Å². The van der Waals surface area contributed by atoms with Gasteiger partial charge in [0.1, 0.15) is 6.04 Å². The van der Waals surface area contributed by atoms with Crippen LogP contribution in [0.15, 0.2) is 0 Å². The highest BCUT2D eigenvalue weighted by molar-refractivity contribution is 5.92. The summed E-state index contributed by atoms with van der Waals surface area (Å²) < 4.78 is 38.3. The molecular formula is C11H18F3N3O2. The standard InChI is InChI=1S/C11H18F3N3O2/c1-10(15,11(12,13)14)9(19)17-6-4-3-5-7(17)8(18)16-2/h7H,3-6,15H2,1-2H3,(H,16,18). The Morgan fingerprint density at radius 1 is 1.32 bits per heavy atom. The molecule has 1 rings (SSSR count). The second-order valence-electron chi connectivity index (χ2n) is 4.82. The zero-order valence-electron chi connectivity index (χ0n) is 10.9. The van der Waals surface area contributed by atoms with E-state index >= 15 is 0 Å². The number of nitrogens with one attached hydrogen (secondary N) is 1. The van der Waals surface area contributed by atoms with Gasteiger partial charge >= 0.3 is 6.18 Å². The summed E-state index contributed by atoms with van der Waals surface area (Å²) in [5, 5.41) is 2.35. The molecule has 0 aromatic carbocycles. The zero-order valence-corrected chi connectivity index (χ0v) is 10.9. The number of halogens is 3. The number of rotatable bonds is 2. The first-order chi connectivity index (χ1) is 8.63. The molecule has 1 fully saturated rings. The van der Waals surface area contributed by atoms with E-state index in [1.165, 1.54) is 7.05 Å². The molecule has 2 amide bonds. The Morgan fingerprint density at radius 2 is 1.89 bits per heavy atom. The average molecular weight is 281 g/mol. The number of hydrogen-bond donors (Lipinski definition) is 2. The summed E-state index contributed by atoms with van der Waals surface area (Å²) in [6.07, 6.45) is -3.25. The van der Waals surface area contributed by atoms with Crippen LogP contribution >= 0.6 is 0 Å². The molecule has 110 valence electrons. The van der Waals surface area contributed by atoms with Gasteiger partial charge in [0.15, 0.2) is 5.54 Å². The Labute approximate surface area is 109 Å². The fourth-order valence-electron chi connectivity index (χ4n) is 2.03. The fourth-order valence-corrected chi connectivity index (χ4v) is 2.03. The van der Waals surface area contributed by atoms with Crippen molar-refractivity contribution < 1.29 is 22.8 Å². The number of amides is 2. The summed E-state index contributed by atoms with van der Waals surface area (Å²) >= 11 is 0. The van der Waals surface area contributed by atoms with Gasteiger partial charge in [-0.05, 0) is 26.2 Å². The van der Waals surface area contributed by atoms with Gasteiger partial charge < -0.3 is 16.0 Å². The molecule has 2 unspecified atom stereocenters. The van der Waals surface area contributed by atoms with Gasteiger partial charge in [0, 0.05) is 13.6 Å². The molecule has 3 N–H and O–H groups in total. The predicted octanol–water partition coefficient (Wildman–Crippen LogP) is 0.393. The second kappa shape index (κ2) is 5.36. The van der Waals surface area contributed by atoms with Crippen molar-refractivity contribution in [2.24, 2.45) is 5.73 Å². The quantitative estimate of drug-likeness (QED) is 0.769. The van der Waals surface area contributed by atoms with Gasteiger partial charge in [-0.25, -0.2) is 0 Å². The van der Waals surface area contributed by atoms with Crippen molar-refractivity contribution >= 4 is 11.8 Å². The average Bonchev–Trinajstić information content (AvgIpc) is 2.35.